The van der Waals surface area contributed by atoms with Gasteiger partial charge in [-0.1, -0.05) is 6.42 Å². The lowest BCUT2D eigenvalue weighted by Gasteiger charge is -2.25. The van der Waals surface area contributed by atoms with E-state index < -0.39 is 0 Å². The third kappa shape index (κ3) is 1.92. The number of nitrogens with one attached hydrogen (secondary N) is 1. The fraction of sp³-hybridized carbons (Fsp3) is 0.867. The molecule has 1 aliphatic heterocycles. The van der Waals surface area contributed by atoms with Crippen molar-refractivity contribution in [2.45, 2.75) is 51.0 Å². The molecule has 1 amide bonds. The molecule has 5 atom stereocenters. The van der Waals surface area contributed by atoms with Crippen LogP contribution in [0.15, 0.2) is 5.10 Å². The minimum atomic E-state index is -0.262. The quantitative estimate of drug-likeness (QED) is 0.775. The predicted molar refractivity (Wildman–Crippen MR) is 71.6 cm³/mol. The number of hydrogen-bond donors (Lipinski definition) is 1. The predicted octanol–water partition coefficient (Wildman–Crippen LogP) is 2.09. The normalized spacial score (nSPS) is 45.9. The summed E-state index contributed by atoms with van der Waals surface area (Å²) < 4.78 is 5.38. The maximum atomic E-state index is 11.9. The van der Waals surface area contributed by atoms with Crippen LogP contribution in [0.4, 0.5) is 0 Å². The Morgan fingerprint density at radius 3 is 2.95 bits per heavy atom. The zero-order chi connectivity index (χ0) is 12.8. The van der Waals surface area contributed by atoms with E-state index in [0.717, 1.165) is 37.0 Å². The second kappa shape index (κ2) is 4.58. The standard InChI is InChI=1S/C15H22N2O2/c18-15(14-5-2-6-19-14)17-16-13-8-9-7-12(13)11-4-1-3-10(9)11/h9-12,14H,1-8H2,(H,17,18)/t9-,10+,11-,12+,14+/m1/s1. The lowest BCUT2D eigenvalue weighted by Crippen LogP contribution is -2.33. The lowest BCUT2D eigenvalue weighted by atomic mass is 9.81. The number of ether oxygens (including phenoxy) is 1. The number of fused-ring (bicyclic) bond motifs is 5. The third-order valence-electron chi connectivity index (χ3n) is 5.74. The molecule has 2 bridgehead atoms. The van der Waals surface area contributed by atoms with Crippen molar-refractivity contribution in [1.29, 1.82) is 0 Å². The molecule has 4 fully saturated rings. The summed E-state index contributed by atoms with van der Waals surface area (Å²) in [7, 11) is 0. The molecule has 4 nitrogen and oxygen atoms in total. The van der Waals surface area contributed by atoms with E-state index in [9.17, 15) is 4.79 Å². The highest BCUT2D eigenvalue weighted by Gasteiger charge is 2.52. The summed E-state index contributed by atoms with van der Waals surface area (Å²) in [4.78, 5) is 11.9. The van der Waals surface area contributed by atoms with E-state index >= 15 is 0 Å². The highest BCUT2D eigenvalue weighted by Crippen LogP contribution is 2.57. The van der Waals surface area contributed by atoms with Gasteiger partial charge in [0.25, 0.3) is 5.91 Å². The molecule has 0 aromatic rings. The number of carbonyl (C=O) groups excluding carboxylic acids is 1. The number of amides is 1. The van der Waals surface area contributed by atoms with Crippen LogP contribution in [-0.4, -0.2) is 24.3 Å². The molecule has 19 heavy (non-hydrogen) atoms. The summed E-state index contributed by atoms with van der Waals surface area (Å²) in [5.74, 6) is 3.32. The Morgan fingerprint density at radius 1 is 1.21 bits per heavy atom. The van der Waals surface area contributed by atoms with Gasteiger partial charge in [-0.25, -0.2) is 5.43 Å². The van der Waals surface area contributed by atoms with Gasteiger partial charge in [-0.2, -0.15) is 5.10 Å². The van der Waals surface area contributed by atoms with Crippen molar-refractivity contribution < 1.29 is 9.53 Å². The van der Waals surface area contributed by atoms with Crippen molar-refractivity contribution in [3.8, 4) is 0 Å². The average Bonchev–Trinajstić information content (AvgIpc) is 3.15. The SMILES string of the molecule is O=C(NN=C1C[C@H]2C[C@H]1[C@@H]1CCC[C@@H]21)[C@@H]1CCCO1. The van der Waals surface area contributed by atoms with Crippen LogP contribution in [0, 0.1) is 23.7 Å². The van der Waals surface area contributed by atoms with Crippen molar-refractivity contribution in [3.05, 3.63) is 0 Å². The first-order chi connectivity index (χ1) is 9.33. The maximum Gasteiger partial charge on any atom is 0.269 e. The van der Waals surface area contributed by atoms with Crippen molar-refractivity contribution in [2.75, 3.05) is 6.61 Å². The monoisotopic (exact) mass is 262 g/mol. The van der Waals surface area contributed by atoms with Crippen molar-refractivity contribution in [2.24, 2.45) is 28.8 Å². The average molecular weight is 262 g/mol. The number of hydrogen-bond acceptors (Lipinski definition) is 3. The molecular weight excluding hydrogens is 240 g/mol. The molecule has 0 unspecified atom stereocenters. The van der Waals surface area contributed by atoms with Crippen LogP contribution < -0.4 is 5.43 Å². The fourth-order valence-corrected chi connectivity index (χ4v) is 4.93. The Bertz CT molecular complexity index is 414. The van der Waals surface area contributed by atoms with Crippen LogP contribution in [0.1, 0.15) is 44.9 Å². The Morgan fingerprint density at radius 2 is 2.11 bits per heavy atom. The highest BCUT2D eigenvalue weighted by molar-refractivity contribution is 5.92. The smallest absolute Gasteiger partial charge is 0.269 e. The zero-order valence-corrected chi connectivity index (χ0v) is 11.3. The molecule has 0 radical (unpaired) electrons. The Kier molecular flexibility index (Phi) is 2.87. The zero-order valence-electron chi connectivity index (χ0n) is 11.3. The van der Waals surface area contributed by atoms with E-state index in [4.69, 9.17) is 4.74 Å². The topological polar surface area (TPSA) is 50.7 Å². The Labute approximate surface area is 114 Å². The van der Waals surface area contributed by atoms with Crippen LogP contribution in [0.5, 0.6) is 0 Å². The van der Waals surface area contributed by atoms with E-state index in [-0.39, 0.29) is 12.0 Å². The minimum Gasteiger partial charge on any atom is -0.368 e. The van der Waals surface area contributed by atoms with Gasteiger partial charge in [0.1, 0.15) is 6.10 Å². The summed E-state index contributed by atoms with van der Waals surface area (Å²) in [5, 5.41) is 4.45. The van der Waals surface area contributed by atoms with E-state index in [1.807, 2.05) is 0 Å². The summed E-state index contributed by atoms with van der Waals surface area (Å²) in [6.07, 6.45) is 8.23. The molecule has 0 aromatic heterocycles. The van der Waals surface area contributed by atoms with Crippen molar-refractivity contribution in [1.82, 2.24) is 5.43 Å². The first-order valence-corrected chi connectivity index (χ1v) is 7.81. The fourth-order valence-electron chi connectivity index (χ4n) is 4.93. The van der Waals surface area contributed by atoms with E-state index in [1.165, 1.54) is 31.4 Å². The number of nitrogens with zero attached hydrogens (tertiary/aromatic N) is 1. The third-order valence-corrected chi connectivity index (χ3v) is 5.74. The molecular formula is C15H22N2O2. The summed E-state index contributed by atoms with van der Waals surface area (Å²) in [6.45, 7) is 0.711. The molecule has 3 saturated carbocycles. The Hall–Kier alpha value is -0.900. The van der Waals surface area contributed by atoms with Crippen LogP contribution in [0.2, 0.25) is 0 Å². The van der Waals surface area contributed by atoms with Gasteiger partial charge in [-0.15, -0.1) is 0 Å². The van der Waals surface area contributed by atoms with Crippen molar-refractivity contribution in [3.63, 3.8) is 0 Å². The van der Waals surface area contributed by atoms with E-state index in [1.54, 1.807) is 0 Å². The van der Waals surface area contributed by atoms with Crippen molar-refractivity contribution >= 4 is 11.6 Å². The summed E-state index contributed by atoms with van der Waals surface area (Å²) in [6, 6.07) is 0. The van der Waals surface area contributed by atoms with Crippen LogP contribution in [0.3, 0.4) is 0 Å². The van der Waals surface area contributed by atoms with Gasteiger partial charge in [0.15, 0.2) is 0 Å². The van der Waals surface area contributed by atoms with Gasteiger partial charge in [0.2, 0.25) is 0 Å². The first kappa shape index (κ1) is 11.9. The lowest BCUT2D eigenvalue weighted by molar-refractivity contribution is -0.130. The van der Waals surface area contributed by atoms with Gasteiger partial charge in [0.05, 0.1) is 0 Å². The molecule has 0 spiro atoms. The molecule has 1 heterocycles. The molecule has 3 aliphatic carbocycles. The second-order valence-electron chi connectivity index (χ2n) is 6.65. The van der Waals surface area contributed by atoms with E-state index in [2.05, 4.69) is 10.5 Å². The molecule has 1 N–H and O–H groups in total. The van der Waals surface area contributed by atoms with Gasteiger partial charge in [-0.3, -0.25) is 4.79 Å². The molecule has 4 aliphatic rings. The van der Waals surface area contributed by atoms with Gasteiger partial charge < -0.3 is 4.74 Å². The first-order valence-electron chi connectivity index (χ1n) is 7.81. The molecule has 1 saturated heterocycles. The Balaban J connectivity index is 1.40. The number of rotatable bonds is 2. The second-order valence-corrected chi connectivity index (χ2v) is 6.65. The number of carbonyl (C=O) groups is 1. The van der Waals surface area contributed by atoms with E-state index in [0.29, 0.717) is 12.5 Å². The molecule has 104 valence electrons. The van der Waals surface area contributed by atoms with Crippen LogP contribution >= 0.6 is 0 Å². The van der Waals surface area contributed by atoms with Crippen LogP contribution in [-0.2, 0) is 9.53 Å². The molecule has 0 aromatic carbocycles. The number of hydrazone groups is 1. The summed E-state index contributed by atoms with van der Waals surface area (Å²) in [5.41, 5.74) is 4.02. The molecule has 4 heteroatoms. The summed E-state index contributed by atoms with van der Waals surface area (Å²) >= 11 is 0. The highest BCUT2D eigenvalue weighted by atomic mass is 16.5. The molecule has 4 rings (SSSR count). The minimum absolute atomic E-state index is 0.0456. The van der Waals surface area contributed by atoms with Crippen LogP contribution in [0.25, 0.3) is 0 Å². The maximum absolute atomic E-state index is 11.9. The van der Waals surface area contributed by atoms with Gasteiger partial charge in [-0.05, 0) is 56.3 Å². The van der Waals surface area contributed by atoms with Gasteiger partial charge >= 0.3 is 0 Å². The largest absolute Gasteiger partial charge is 0.368 e. The van der Waals surface area contributed by atoms with Gasteiger partial charge in [0, 0.05) is 18.2 Å².